The Kier molecular flexibility index (Phi) is 4.81. The first-order chi connectivity index (χ1) is 9.60. The van der Waals surface area contributed by atoms with Crippen molar-refractivity contribution in [1.29, 1.82) is 0 Å². The molecule has 0 spiro atoms. The second-order valence-electron chi connectivity index (χ2n) is 4.06. The first kappa shape index (κ1) is 14.6. The number of carbonyl (C=O) groups is 2. The molecule has 6 heteroatoms. The Bertz CT molecular complexity index is 637. The fraction of sp³-hybridized carbons (Fsp3) is 0.143. The van der Waals surface area contributed by atoms with Crippen molar-refractivity contribution in [2.45, 2.75) is 5.75 Å². The zero-order chi connectivity index (χ0) is 14.5. The minimum absolute atomic E-state index is 0.205. The molecule has 0 saturated carbocycles. The fourth-order valence-electron chi connectivity index (χ4n) is 1.67. The van der Waals surface area contributed by atoms with Gasteiger partial charge in [0.05, 0.1) is 5.00 Å². The maximum absolute atomic E-state index is 12.1. The average Bonchev–Trinajstić information content (AvgIpc) is 2.88. The number of rotatable bonds is 5. The van der Waals surface area contributed by atoms with Crippen molar-refractivity contribution in [3.05, 3.63) is 52.4 Å². The maximum atomic E-state index is 12.1. The Labute approximate surface area is 124 Å². The van der Waals surface area contributed by atoms with Crippen molar-refractivity contribution in [2.24, 2.45) is 0 Å². The number of nitrogens with one attached hydrogen (secondary N) is 1. The molecule has 104 valence electrons. The summed E-state index contributed by atoms with van der Waals surface area (Å²) in [7, 11) is 0. The highest BCUT2D eigenvalue weighted by atomic mass is 32.2. The van der Waals surface area contributed by atoms with Gasteiger partial charge in [-0.2, -0.15) is 11.8 Å². The zero-order valence-corrected chi connectivity index (χ0v) is 12.4. The number of thiophene rings is 1. The summed E-state index contributed by atoms with van der Waals surface area (Å²) < 4.78 is 0. The van der Waals surface area contributed by atoms with E-state index in [-0.39, 0.29) is 10.8 Å². The van der Waals surface area contributed by atoms with Gasteiger partial charge in [0, 0.05) is 11.3 Å². The monoisotopic (exact) mass is 307 g/mol. The quantitative estimate of drug-likeness (QED) is 0.886. The minimum atomic E-state index is -0.988. The van der Waals surface area contributed by atoms with Gasteiger partial charge >= 0.3 is 5.97 Å². The van der Waals surface area contributed by atoms with E-state index in [1.165, 1.54) is 6.07 Å². The van der Waals surface area contributed by atoms with E-state index in [4.69, 9.17) is 5.11 Å². The summed E-state index contributed by atoms with van der Waals surface area (Å²) in [6.45, 7) is 0. The summed E-state index contributed by atoms with van der Waals surface area (Å²) in [5.41, 5.74) is 1.66. The van der Waals surface area contributed by atoms with Crippen LogP contribution < -0.4 is 5.32 Å². The van der Waals surface area contributed by atoms with Gasteiger partial charge < -0.3 is 10.4 Å². The predicted octanol–water partition coefficient (Wildman–Crippen LogP) is 3.56. The molecule has 0 aliphatic carbocycles. The van der Waals surface area contributed by atoms with Gasteiger partial charge in [-0.05, 0) is 36.1 Å². The molecule has 1 amide bonds. The third-order valence-corrected chi connectivity index (χ3v) is 4.16. The Balaban J connectivity index is 2.10. The Morgan fingerprint density at radius 2 is 2.10 bits per heavy atom. The Hall–Kier alpha value is -1.79. The number of carboxylic acids is 1. The molecule has 20 heavy (non-hydrogen) atoms. The summed E-state index contributed by atoms with van der Waals surface area (Å²) in [5, 5.41) is 12.1. The molecule has 4 nitrogen and oxygen atoms in total. The van der Waals surface area contributed by atoms with E-state index in [1.54, 1.807) is 23.9 Å². The van der Waals surface area contributed by atoms with Crippen molar-refractivity contribution >= 4 is 40.0 Å². The summed E-state index contributed by atoms with van der Waals surface area (Å²) >= 11 is 2.73. The summed E-state index contributed by atoms with van der Waals surface area (Å²) in [6.07, 6.45) is 2.01. The van der Waals surface area contributed by atoms with Crippen LogP contribution in [-0.4, -0.2) is 23.2 Å². The van der Waals surface area contributed by atoms with Crippen LogP contribution in [0.3, 0.4) is 0 Å². The lowest BCUT2D eigenvalue weighted by molar-refractivity contribution is 0.0702. The molecule has 0 fully saturated rings. The third kappa shape index (κ3) is 3.61. The molecule has 0 aliphatic heterocycles. The number of carbonyl (C=O) groups excluding carboxylic acids is 1. The molecule has 0 radical (unpaired) electrons. The number of carboxylic acid groups (broad SMARTS) is 1. The van der Waals surface area contributed by atoms with Crippen LogP contribution in [0.15, 0.2) is 36.4 Å². The largest absolute Gasteiger partial charge is 0.477 e. The molecule has 2 rings (SSSR count). The standard InChI is InChI=1S/C14H13NO3S2/c1-19-8-9-3-2-4-10(7-9)13(16)15-12-6-5-11(20-12)14(17)18/h2-7H,8H2,1H3,(H,15,16)(H,17,18). The fourth-order valence-corrected chi connectivity index (χ4v) is 2.93. The SMILES string of the molecule is CSCc1cccc(C(=O)Nc2ccc(C(=O)O)s2)c1. The molecule has 0 atom stereocenters. The number of hydrogen-bond acceptors (Lipinski definition) is 4. The second kappa shape index (κ2) is 6.58. The van der Waals surface area contributed by atoms with Gasteiger partial charge in [-0.15, -0.1) is 11.3 Å². The first-order valence-corrected chi connectivity index (χ1v) is 8.03. The molecule has 0 saturated heterocycles. The van der Waals surface area contributed by atoms with Crippen LogP contribution in [0.1, 0.15) is 25.6 Å². The number of aromatic carboxylic acids is 1. The van der Waals surface area contributed by atoms with E-state index >= 15 is 0 Å². The normalized spacial score (nSPS) is 10.2. The molecule has 0 aliphatic rings. The first-order valence-electron chi connectivity index (χ1n) is 5.82. The van der Waals surface area contributed by atoms with Gasteiger partial charge in [0.15, 0.2) is 0 Å². The highest BCUT2D eigenvalue weighted by Gasteiger charge is 2.11. The van der Waals surface area contributed by atoms with E-state index in [0.29, 0.717) is 10.6 Å². The number of hydrogen-bond donors (Lipinski definition) is 2. The van der Waals surface area contributed by atoms with Crippen molar-refractivity contribution in [3.63, 3.8) is 0 Å². The van der Waals surface area contributed by atoms with E-state index in [9.17, 15) is 9.59 Å². The summed E-state index contributed by atoms with van der Waals surface area (Å²) in [6, 6.07) is 10.5. The van der Waals surface area contributed by atoms with Crippen LogP contribution in [-0.2, 0) is 5.75 Å². The number of anilines is 1. The number of benzene rings is 1. The van der Waals surface area contributed by atoms with Crippen molar-refractivity contribution in [2.75, 3.05) is 11.6 Å². The molecular formula is C14H13NO3S2. The predicted molar refractivity (Wildman–Crippen MR) is 82.9 cm³/mol. The van der Waals surface area contributed by atoms with Gasteiger partial charge in [0.1, 0.15) is 4.88 Å². The van der Waals surface area contributed by atoms with Crippen molar-refractivity contribution in [1.82, 2.24) is 0 Å². The molecule has 1 heterocycles. The van der Waals surface area contributed by atoms with Gasteiger partial charge in [0.2, 0.25) is 0 Å². The molecular weight excluding hydrogens is 294 g/mol. The van der Waals surface area contributed by atoms with Gasteiger partial charge in [0.25, 0.3) is 5.91 Å². The smallest absolute Gasteiger partial charge is 0.345 e. The van der Waals surface area contributed by atoms with Crippen LogP contribution in [0.25, 0.3) is 0 Å². The lowest BCUT2D eigenvalue weighted by Crippen LogP contribution is -2.11. The van der Waals surface area contributed by atoms with E-state index in [0.717, 1.165) is 22.7 Å². The van der Waals surface area contributed by atoms with E-state index in [2.05, 4.69) is 5.32 Å². The molecule has 1 aromatic carbocycles. The third-order valence-electron chi connectivity index (χ3n) is 2.55. The molecule has 1 aromatic heterocycles. The Morgan fingerprint density at radius 1 is 1.30 bits per heavy atom. The van der Waals surface area contributed by atoms with Gasteiger partial charge in [-0.1, -0.05) is 12.1 Å². The number of thioether (sulfide) groups is 1. The van der Waals surface area contributed by atoms with E-state index < -0.39 is 5.97 Å². The van der Waals surface area contributed by atoms with Gasteiger partial charge in [-0.25, -0.2) is 4.79 Å². The van der Waals surface area contributed by atoms with Crippen LogP contribution in [0.5, 0.6) is 0 Å². The minimum Gasteiger partial charge on any atom is -0.477 e. The lowest BCUT2D eigenvalue weighted by Gasteiger charge is -2.04. The molecule has 0 bridgehead atoms. The van der Waals surface area contributed by atoms with Crippen molar-refractivity contribution < 1.29 is 14.7 Å². The summed E-state index contributed by atoms with van der Waals surface area (Å²) in [4.78, 5) is 23.1. The summed E-state index contributed by atoms with van der Waals surface area (Å²) in [5.74, 6) is -0.368. The zero-order valence-electron chi connectivity index (χ0n) is 10.8. The maximum Gasteiger partial charge on any atom is 0.345 e. The van der Waals surface area contributed by atoms with Gasteiger partial charge in [-0.3, -0.25) is 4.79 Å². The highest BCUT2D eigenvalue weighted by Crippen LogP contribution is 2.22. The second-order valence-corrected chi connectivity index (χ2v) is 6.01. The van der Waals surface area contributed by atoms with Crippen molar-refractivity contribution in [3.8, 4) is 0 Å². The topological polar surface area (TPSA) is 66.4 Å². The van der Waals surface area contributed by atoms with Crippen LogP contribution in [0.4, 0.5) is 5.00 Å². The average molecular weight is 307 g/mol. The molecule has 2 aromatic rings. The van der Waals surface area contributed by atoms with E-state index in [1.807, 2.05) is 24.5 Å². The highest BCUT2D eigenvalue weighted by molar-refractivity contribution is 7.97. The van der Waals surface area contributed by atoms with Crippen LogP contribution >= 0.6 is 23.1 Å². The Morgan fingerprint density at radius 3 is 2.75 bits per heavy atom. The number of amides is 1. The van der Waals surface area contributed by atoms with Crippen LogP contribution in [0, 0.1) is 0 Å². The van der Waals surface area contributed by atoms with Crippen LogP contribution in [0.2, 0.25) is 0 Å². The molecule has 2 N–H and O–H groups in total. The molecule has 0 unspecified atom stereocenters. The lowest BCUT2D eigenvalue weighted by atomic mass is 10.1.